The summed E-state index contributed by atoms with van der Waals surface area (Å²) in [6, 6.07) is 8.44. The molecule has 0 saturated heterocycles. The Balaban J connectivity index is 1.93. The van der Waals surface area contributed by atoms with E-state index in [1.165, 1.54) is 11.1 Å². The monoisotopic (exact) mass is 203 g/mol. The molecule has 0 amide bonds. The molecule has 0 aromatic heterocycles. The van der Waals surface area contributed by atoms with Crippen LogP contribution in [0.25, 0.3) is 0 Å². The van der Waals surface area contributed by atoms with Crippen LogP contribution in [0.5, 0.6) is 0 Å². The Kier molecular flexibility index (Phi) is 3.17. The van der Waals surface area contributed by atoms with Gasteiger partial charge >= 0.3 is 0 Å². The summed E-state index contributed by atoms with van der Waals surface area (Å²) in [6.07, 6.45) is 1.67. The molecule has 80 valence electrons. The molecular formula is C13H17NO. The Morgan fingerprint density at radius 2 is 1.87 bits per heavy atom. The van der Waals surface area contributed by atoms with Crippen LogP contribution in [-0.4, -0.2) is 17.2 Å². The highest BCUT2D eigenvalue weighted by Crippen LogP contribution is 2.21. The van der Waals surface area contributed by atoms with Gasteiger partial charge in [-0.25, -0.2) is 0 Å². The predicted molar refractivity (Wildman–Crippen MR) is 60.5 cm³/mol. The third-order valence-corrected chi connectivity index (χ3v) is 2.84. The van der Waals surface area contributed by atoms with Gasteiger partial charge in [0.05, 0.1) is 6.54 Å². The van der Waals surface area contributed by atoms with Crippen molar-refractivity contribution in [3.8, 4) is 0 Å². The number of carbonyl (C=O) groups excluding carboxylic acids is 1. The maximum absolute atomic E-state index is 11.5. The van der Waals surface area contributed by atoms with Gasteiger partial charge in [-0.3, -0.25) is 9.69 Å². The molecule has 0 aliphatic carbocycles. The summed E-state index contributed by atoms with van der Waals surface area (Å²) in [5, 5.41) is 0. The number of ketones is 1. The predicted octanol–water partition coefficient (Wildman–Crippen LogP) is 2.37. The third kappa shape index (κ3) is 2.45. The average molecular weight is 203 g/mol. The molecule has 1 aromatic carbocycles. The van der Waals surface area contributed by atoms with Crippen molar-refractivity contribution in [3.05, 3.63) is 35.4 Å². The zero-order chi connectivity index (χ0) is 10.7. The second-order valence-corrected chi connectivity index (χ2v) is 4.20. The van der Waals surface area contributed by atoms with Gasteiger partial charge in [-0.1, -0.05) is 31.2 Å². The maximum atomic E-state index is 11.5. The van der Waals surface area contributed by atoms with Crippen LogP contribution >= 0.6 is 0 Å². The minimum Gasteiger partial charge on any atom is -0.298 e. The number of Topliss-reactive ketones (excluding diaryl/α,β-unsaturated/α-hetero) is 1. The van der Waals surface area contributed by atoms with Gasteiger partial charge in [0.2, 0.25) is 0 Å². The number of nitrogens with zero attached hydrogens (tertiary/aromatic N) is 1. The average Bonchev–Trinajstić information content (AvgIpc) is 2.59. The van der Waals surface area contributed by atoms with Crippen molar-refractivity contribution < 1.29 is 4.79 Å². The molecule has 1 aliphatic rings. The first-order chi connectivity index (χ1) is 7.29. The van der Waals surface area contributed by atoms with E-state index in [1.807, 2.05) is 0 Å². The first-order valence-corrected chi connectivity index (χ1v) is 5.60. The summed E-state index contributed by atoms with van der Waals surface area (Å²) < 4.78 is 0. The molecule has 0 unspecified atom stereocenters. The van der Waals surface area contributed by atoms with Crippen LogP contribution in [0.1, 0.15) is 30.9 Å². The van der Waals surface area contributed by atoms with Crippen LogP contribution in [-0.2, 0) is 17.9 Å². The SMILES string of the molecule is CCCC(=O)CN1Cc2ccccc2C1. The number of hydrogen-bond donors (Lipinski definition) is 0. The van der Waals surface area contributed by atoms with Gasteiger partial charge in [-0.15, -0.1) is 0 Å². The van der Waals surface area contributed by atoms with Crippen LogP contribution in [0.15, 0.2) is 24.3 Å². The molecule has 1 aliphatic heterocycles. The number of rotatable bonds is 4. The lowest BCUT2D eigenvalue weighted by atomic mass is 10.1. The summed E-state index contributed by atoms with van der Waals surface area (Å²) in [5.41, 5.74) is 2.75. The molecule has 2 heteroatoms. The molecular weight excluding hydrogens is 186 g/mol. The van der Waals surface area contributed by atoms with Crippen LogP contribution < -0.4 is 0 Å². The second-order valence-electron chi connectivity index (χ2n) is 4.20. The number of benzene rings is 1. The van der Waals surface area contributed by atoms with Crippen molar-refractivity contribution in [3.63, 3.8) is 0 Å². The number of fused-ring (bicyclic) bond motifs is 1. The molecule has 2 nitrogen and oxygen atoms in total. The molecule has 0 N–H and O–H groups in total. The largest absolute Gasteiger partial charge is 0.298 e. The second kappa shape index (κ2) is 4.58. The van der Waals surface area contributed by atoms with Gasteiger partial charge in [0.15, 0.2) is 0 Å². The van der Waals surface area contributed by atoms with Gasteiger partial charge in [-0.2, -0.15) is 0 Å². The molecule has 0 fully saturated rings. The standard InChI is InChI=1S/C13H17NO/c1-2-5-13(15)10-14-8-11-6-3-4-7-12(11)9-14/h3-4,6-7H,2,5,8-10H2,1H3. The quantitative estimate of drug-likeness (QED) is 0.748. The summed E-state index contributed by atoms with van der Waals surface area (Å²) in [6.45, 7) is 4.54. The zero-order valence-corrected chi connectivity index (χ0v) is 9.20. The van der Waals surface area contributed by atoms with Crippen molar-refractivity contribution in [2.75, 3.05) is 6.54 Å². The Labute approximate surface area is 90.9 Å². The van der Waals surface area contributed by atoms with E-state index in [1.54, 1.807) is 0 Å². The van der Waals surface area contributed by atoms with Crippen molar-refractivity contribution in [1.82, 2.24) is 4.90 Å². The fourth-order valence-electron chi connectivity index (χ4n) is 2.12. The highest BCUT2D eigenvalue weighted by Gasteiger charge is 2.19. The number of hydrogen-bond acceptors (Lipinski definition) is 2. The molecule has 0 atom stereocenters. The zero-order valence-electron chi connectivity index (χ0n) is 9.20. The highest BCUT2D eigenvalue weighted by atomic mass is 16.1. The summed E-state index contributed by atoms with van der Waals surface area (Å²) in [4.78, 5) is 13.7. The lowest BCUT2D eigenvalue weighted by molar-refractivity contribution is -0.120. The van der Waals surface area contributed by atoms with E-state index >= 15 is 0 Å². The van der Waals surface area contributed by atoms with Gasteiger partial charge in [0.1, 0.15) is 5.78 Å². The fraction of sp³-hybridized carbons (Fsp3) is 0.462. The van der Waals surface area contributed by atoms with E-state index in [0.717, 1.165) is 19.5 Å². The molecule has 15 heavy (non-hydrogen) atoms. The van der Waals surface area contributed by atoms with Gasteiger partial charge in [0.25, 0.3) is 0 Å². The molecule has 0 radical (unpaired) electrons. The first-order valence-electron chi connectivity index (χ1n) is 5.60. The van der Waals surface area contributed by atoms with Crippen molar-refractivity contribution in [2.24, 2.45) is 0 Å². The Morgan fingerprint density at radius 3 is 2.40 bits per heavy atom. The van der Waals surface area contributed by atoms with Gasteiger partial charge < -0.3 is 0 Å². The van der Waals surface area contributed by atoms with Crippen molar-refractivity contribution in [2.45, 2.75) is 32.9 Å². The van der Waals surface area contributed by atoms with E-state index in [9.17, 15) is 4.79 Å². The van der Waals surface area contributed by atoms with E-state index < -0.39 is 0 Å². The van der Waals surface area contributed by atoms with Crippen molar-refractivity contribution in [1.29, 1.82) is 0 Å². The van der Waals surface area contributed by atoms with E-state index in [4.69, 9.17) is 0 Å². The van der Waals surface area contributed by atoms with Gasteiger partial charge in [0, 0.05) is 19.5 Å². The molecule has 0 saturated carbocycles. The first kappa shape index (κ1) is 10.4. The molecule has 0 spiro atoms. The lowest BCUT2D eigenvalue weighted by Gasteiger charge is -2.12. The number of carbonyl (C=O) groups is 1. The smallest absolute Gasteiger partial charge is 0.146 e. The Morgan fingerprint density at radius 1 is 1.27 bits per heavy atom. The fourth-order valence-corrected chi connectivity index (χ4v) is 2.12. The van der Waals surface area contributed by atoms with Crippen LogP contribution in [0.4, 0.5) is 0 Å². The van der Waals surface area contributed by atoms with Crippen LogP contribution in [0, 0.1) is 0 Å². The Bertz CT molecular complexity index is 334. The maximum Gasteiger partial charge on any atom is 0.146 e. The molecule has 0 bridgehead atoms. The summed E-state index contributed by atoms with van der Waals surface area (Å²) in [7, 11) is 0. The Hall–Kier alpha value is -1.15. The molecule has 2 rings (SSSR count). The summed E-state index contributed by atoms with van der Waals surface area (Å²) >= 11 is 0. The van der Waals surface area contributed by atoms with E-state index in [-0.39, 0.29) is 0 Å². The lowest BCUT2D eigenvalue weighted by Crippen LogP contribution is -2.24. The topological polar surface area (TPSA) is 20.3 Å². The van der Waals surface area contributed by atoms with Crippen LogP contribution in [0.2, 0.25) is 0 Å². The van der Waals surface area contributed by atoms with E-state index in [2.05, 4.69) is 36.1 Å². The van der Waals surface area contributed by atoms with Crippen LogP contribution in [0.3, 0.4) is 0 Å². The minimum atomic E-state index is 0.366. The van der Waals surface area contributed by atoms with Crippen molar-refractivity contribution >= 4 is 5.78 Å². The summed E-state index contributed by atoms with van der Waals surface area (Å²) in [5.74, 6) is 0.366. The molecule has 1 heterocycles. The highest BCUT2D eigenvalue weighted by molar-refractivity contribution is 5.80. The minimum absolute atomic E-state index is 0.366. The molecule has 1 aromatic rings. The third-order valence-electron chi connectivity index (χ3n) is 2.84. The van der Waals surface area contributed by atoms with E-state index in [0.29, 0.717) is 18.7 Å². The normalized spacial score (nSPS) is 15.3. The van der Waals surface area contributed by atoms with Gasteiger partial charge in [-0.05, 0) is 17.5 Å².